The number of nitrogens with one attached hydrogen (secondary N) is 1. The van der Waals surface area contributed by atoms with Crippen molar-refractivity contribution in [2.24, 2.45) is 0 Å². The van der Waals surface area contributed by atoms with Crippen molar-refractivity contribution in [3.8, 4) is 5.75 Å². The average molecular weight is 532 g/mol. The van der Waals surface area contributed by atoms with E-state index in [2.05, 4.69) is 42.5 Å². The van der Waals surface area contributed by atoms with E-state index in [1.165, 1.54) is 18.4 Å². The highest BCUT2D eigenvalue weighted by Gasteiger charge is 2.35. The van der Waals surface area contributed by atoms with Crippen LogP contribution in [0.4, 0.5) is 4.39 Å². The number of nitrogens with zero attached hydrogens (tertiary/aromatic N) is 2. The van der Waals surface area contributed by atoms with Gasteiger partial charge in [0.2, 0.25) is 0 Å². The van der Waals surface area contributed by atoms with Crippen LogP contribution in [0, 0.1) is 5.82 Å². The monoisotopic (exact) mass is 531 g/mol. The zero-order valence-electron chi connectivity index (χ0n) is 22.8. The molecule has 0 radical (unpaired) electrons. The predicted octanol–water partition coefficient (Wildman–Crippen LogP) is 6.18. The molecule has 1 aliphatic heterocycles. The van der Waals surface area contributed by atoms with Gasteiger partial charge < -0.3 is 18.6 Å². The summed E-state index contributed by atoms with van der Waals surface area (Å²) in [4.78, 5) is 28.7. The van der Waals surface area contributed by atoms with Gasteiger partial charge in [-0.25, -0.2) is 4.39 Å². The maximum Gasteiger partial charge on any atom is 0.259 e. The fourth-order valence-electron chi connectivity index (χ4n) is 5.32. The van der Waals surface area contributed by atoms with Gasteiger partial charge in [0.15, 0.2) is 0 Å². The molecule has 1 aliphatic rings. The molecule has 0 atom stereocenters. The molecule has 2 aromatic heterocycles. The van der Waals surface area contributed by atoms with E-state index in [0.29, 0.717) is 28.9 Å². The third kappa shape index (κ3) is 5.08. The number of fused-ring (bicyclic) bond motifs is 2. The second-order valence-electron chi connectivity index (χ2n) is 10.1. The highest BCUT2D eigenvalue weighted by molar-refractivity contribution is 6.50. The number of benzene rings is 2. The van der Waals surface area contributed by atoms with E-state index in [1.54, 1.807) is 6.07 Å². The van der Waals surface area contributed by atoms with Crippen molar-refractivity contribution in [1.29, 1.82) is 0 Å². The molecule has 5 rings (SSSR count). The first kappa shape index (κ1) is 26.7. The first-order valence-corrected chi connectivity index (χ1v) is 13.6. The molecule has 0 saturated heterocycles. The van der Waals surface area contributed by atoms with E-state index in [1.807, 2.05) is 24.4 Å². The molecule has 39 heavy (non-hydrogen) atoms. The summed E-state index contributed by atoms with van der Waals surface area (Å²) in [6.07, 6.45) is 5.31. The largest absolute Gasteiger partial charge is 0.494 e. The zero-order chi connectivity index (χ0) is 27.7. The van der Waals surface area contributed by atoms with Gasteiger partial charge in [0, 0.05) is 39.7 Å². The lowest BCUT2D eigenvalue weighted by molar-refractivity contribution is -0.122. The molecular formula is C31H34FN3O4. The summed E-state index contributed by atoms with van der Waals surface area (Å²) in [6.45, 7) is 12.1. The third-order valence-corrected chi connectivity index (χ3v) is 7.38. The highest BCUT2D eigenvalue weighted by atomic mass is 19.1. The number of hydrogen-bond donors (Lipinski definition) is 1. The molecule has 0 aliphatic carbocycles. The number of aromatic nitrogens is 1. The van der Waals surface area contributed by atoms with Crippen molar-refractivity contribution in [1.82, 2.24) is 14.8 Å². The van der Waals surface area contributed by atoms with E-state index in [9.17, 15) is 14.0 Å². The Morgan fingerprint density at radius 2 is 1.74 bits per heavy atom. The van der Waals surface area contributed by atoms with Gasteiger partial charge in [-0.3, -0.25) is 14.9 Å². The molecule has 0 saturated carbocycles. The summed E-state index contributed by atoms with van der Waals surface area (Å²) in [5, 5.41) is 3.72. The lowest BCUT2D eigenvalue weighted by Gasteiger charge is -2.17. The Balaban J connectivity index is 1.56. The van der Waals surface area contributed by atoms with Crippen molar-refractivity contribution in [2.45, 2.75) is 46.6 Å². The molecule has 3 heterocycles. The maximum atomic E-state index is 14.6. The fourth-order valence-corrected chi connectivity index (χ4v) is 5.32. The standard InChI is InChI=1S/C31H34FN3O4/c1-5-34(6-2)12-7-8-13-38-22-9-10-26-23(17-22)25(18-35(26)19(3)4)28-27(30(36)33-31(28)37)24-16-21(32)15-20-11-14-39-29(20)24/h9-11,14-19H,5-8,12-13H2,1-4H3,(H,33,36,37). The number of furan rings is 1. The van der Waals surface area contributed by atoms with Crippen molar-refractivity contribution in [3.05, 3.63) is 65.8 Å². The topological polar surface area (TPSA) is 76.7 Å². The van der Waals surface area contributed by atoms with E-state index in [-0.39, 0.29) is 22.8 Å². The lowest BCUT2D eigenvalue weighted by atomic mass is 9.95. The molecule has 7 nitrogen and oxygen atoms in total. The maximum absolute atomic E-state index is 14.6. The van der Waals surface area contributed by atoms with E-state index < -0.39 is 17.6 Å². The summed E-state index contributed by atoms with van der Waals surface area (Å²) >= 11 is 0. The molecule has 0 bridgehead atoms. The number of halogens is 1. The number of imide groups is 1. The Bertz CT molecular complexity index is 1580. The molecular weight excluding hydrogens is 497 g/mol. The molecule has 0 unspecified atom stereocenters. The molecule has 8 heteroatoms. The molecule has 2 amide bonds. The Morgan fingerprint density at radius 1 is 1.00 bits per heavy atom. The van der Waals surface area contributed by atoms with E-state index in [4.69, 9.17) is 9.15 Å². The van der Waals surface area contributed by atoms with Crippen LogP contribution in [0.25, 0.3) is 33.0 Å². The van der Waals surface area contributed by atoms with Crippen LogP contribution in [-0.2, 0) is 9.59 Å². The van der Waals surface area contributed by atoms with Gasteiger partial charge in [-0.2, -0.15) is 0 Å². The van der Waals surface area contributed by atoms with Crippen molar-refractivity contribution in [3.63, 3.8) is 0 Å². The molecule has 0 spiro atoms. The number of amides is 2. The van der Waals surface area contributed by atoms with Gasteiger partial charge in [0.05, 0.1) is 24.0 Å². The van der Waals surface area contributed by atoms with Crippen LogP contribution in [0.1, 0.15) is 57.7 Å². The molecule has 2 aromatic carbocycles. The quantitative estimate of drug-likeness (QED) is 0.185. The third-order valence-electron chi connectivity index (χ3n) is 7.38. The first-order valence-electron chi connectivity index (χ1n) is 13.6. The van der Waals surface area contributed by atoms with Gasteiger partial charge >= 0.3 is 0 Å². The number of ether oxygens (including phenoxy) is 1. The lowest BCUT2D eigenvalue weighted by Crippen LogP contribution is -2.24. The molecule has 0 fully saturated rings. The van der Waals surface area contributed by atoms with Crippen LogP contribution in [0.5, 0.6) is 5.75 Å². The normalized spacial score (nSPS) is 14.0. The molecule has 1 N–H and O–H groups in total. The number of carbonyl (C=O) groups excluding carboxylic acids is 2. The minimum absolute atomic E-state index is 0.100. The summed E-state index contributed by atoms with van der Waals surface area (Å²) in [6, 6.07) is 10.1. The average Bonchev–Trinajstić information content (AvgIpc) is 3.60. The smallest absolute Gasteiger partial charge is 0.259 e. The minimum Gasteiger partial charge on any atom is -0.494 e. The number of rotatable bonds is 11. The van der Waals surface area contributed by atoms with Crippen LogP contribution < -0.4 is 10.1 Å². The predicted molar refractivity (Wildman–Crippen MR) is 151 cm³/mol. The van der Waals surface area contributed by atoms with Crippen LogP contribution in [-0.4, -0.2) is 47.5 Å². The zero-order valence-corrected chi connectivity index (χ0v) is 22.8. The fraction of sp³-hybridized carbons (Fsp3) is 0.355. The van der Waals surface area contributed by atoms with Crippen LogP contribution in [0.15, 0.2) is 53.3 Å². The minimum atomic E-state index is -0.579. The number of hydrogen-bond acceptors (Lipinski definition) is 5. The molecule has 204 valence electrons. The highest BCUT2D eigenvalue weighted by Crippen LogP contribution is 2.40. The Hall–Kier alpha value is -3.91. The summed E-state index contributed by atoms with van der Waals surface area (Å²) in [5.74, 6) is -0.924. The second kappa shape index (κ2) is 11.1. The van der Waals surface area contributed by atoms with Gasteiger partial charge in [0.1, 0.15) is 17.1 Å². The number of carbonyl (C=O) groups is 2. The van der Waals surface area contributed by atoms with Crippen molar-refractivity contribution in [2.75, 3.05) is 26.2 Å². The Morgan fingerprint density at radius 3 is 2.46 bits per heavy atom. The summed E-state index contributed by atoms with van der Waals surface area (Å²) < 4.78 is 28.3. The van der Waals surface area contributed by atoms with Crippen LogP contribution in [0.2, 0.25) is 0 Å². The van der Waals surface area contributed by atoms with E-state index >= 15 is 0 Å². The van der Waals surface area contributed by atoms with Gasteiger partial charge in [-0.15, -0.1) is 0 Å². The summed E-state index contributed by atoms with van der Waals surface area (Å²) in [5.41, 5.74) is 2.41. The van der Waals surface area contributed by atoms with Gasteiger partial charge in [0.25, 0.3) is 11.8 Å². The SMILES string of the molecule is CCN(CC)CCCCOc1ccc2c(c1)c(C1=C(c3cc(F)cc4ccoc34)C(=O)NC1=O)cn2C(C)C. The first-order chi connectivity index (χ1) is 18.8. The Labute approximate surface area is 227 Å². The number of unbranched alkanes of at least 4 members (excludes halogenated alkanes) is 1. The van der Waals surface area contributed by atoms with Gasteiger partial charge in [-0.1, -0.05) is 13.8 Å². The summed E-state index contributed by atoms with van der Waals surface area (Å²) in [7, 11) is 0. The van der Waals surface area contributed by atoms with E-state index in [0.717, 1.165) is 43.4 Å². The van der Waals surface area contributed by atoms with Crippen LogP contribution in [0.3, 0.4) is 0 Å². The Kier molecular flexibility index (Phi) is 7.57. The van der Waals surface area contributed by atoms with Crippen molar-refractivity contribution < 1.29 is 23.1 Å². The van der Waals surface area contributed by atoms with Crippen molar-refractivity contribution >= 4 is 44.8 Å². The molecule has 4 aromatic rings. The van der Waals surface area contributed by atoms with Gasteiger partial charge in [-0.05, 0) is 82.7 Å². The van der Waals surface area contributed by atoms with Crippen LogP contribution >= 0.6 is 0 Å². The second-order valence-corrected chi connectivity index (χ2v) is 10.1.